The molecule has 0 aromatic heterocycles. The van der Waals surface area contributed by atoms with E-state index in [1.807, 2.05) is 0 Å². The highest BCUT2D eigenvalue weighted by atomic mass is 16.1. The van der Waals surface area contributed by atoms with Crippen LogP contribution in [-0.4, -0.2) is 5.78 Å². The molecule has 5 aliphatic rings. The number of hydrogen-bond donors (Lipinski definition) is 0. The highest BCUT2D eigenvalue weighted by Crippen LogP contribution is 2.76. The smallest absolute Gasteiger partial charge is 0.136 e. The number of carbonyl (C=O) groups is 1. The molecule has 1 heteroatoms. The first-order valence-electron chi connectivity index (χ1n) is 7.00. The fourth-order valence-electron chi connectivity index (χ4n) is 6.61. The molecule has 4 bridgehead atoms. The summed E-state index contributed by atoms with van der Waals surface area (Å²) in [5, 5.41) is 0. The van der Waals surface area contributed by atoms with Gasteiger partial charge < -0.3 is 0 Å². The quantitative estimate of drug-likeness (QED) is 0.567. The molecular weight excluding hydrogens is 196 g/mol. The Hall–Kier alpha value is -0.590. The summed E-state index contributed by atoms with van der Waals surface area (Å²) in [5.74, 6) is 4.76. The first kappa shape index (κ1) is 8.49. The van der Waals surface area contributed by atoms with E-state index in [0.717, 1.165) is 30.1 Å². The molecule has 4 saturated carbocycles. The molecule has 1 spiro atoms. The van der Waals surface area contributed by atoms with Gasteiger partial charge in [-0.25, -0.2) is 0 Å². The fraction of sp³-hybridized carbons (Fsp3) is 0.800. The molecule has 0 aromatic carbocycles. The Balaban J connectivity index is 1.74. The summed E-state index contributed by atoms with van der Waals surface area (Å²) < 4.78 is 0. The van der Waals surface area contributed by atoms with E-state index in [1.54, 1.807) is 5.57 Å². The van der Waals surface area contributed by atoms with Crippen molar-refractivity contribution in [3.63, 3.8) is 0 Å². The van der Waals surface area contributed by atoms with Crippen molar-refractivity contribution in [1.29, 1.82) is 0 Å². The number of Topliss-reactive ketones (excluding diaryl/α,β-unsaturated/α-hetero) is 1. The first-order chi connectivity index (χ1) is 7.79. The Morgan fingerprint density at radius 2 is 2.19 bits per heavy atom. The molecule has 0 saturated heterocycles. The number of allylic oxidation sites excluding steroid dienone is 2. The van der Waals surface area contributed by atoms with Gasteiger partial charge in [0.2, 0.25) is 0 Å². The van der Waals surface area contributed by atoms with E-state index in [1.165, 1.54) is 32.1 Å². The van der Waals surface area contributed by atoms with Gasteiger partial charge in [-0.1, -0.05) is 11.6 Å². The van der Waals surface area contributed by atoms with Crippen LogP contribution in [0, 0.1) is 35.0 Å². The summed E-state index contributed by atoms with van der Waals surface area (Å²) in [4.78, 5) is 12.2. The number of carbonyl (C=O) groups excluding carboxylic acids is 1. The van der Waals surface area contributed by atoms with Crippen LogP contribution in [0.25, 0.3) is 0 Å². The zero-order valence-corrected chi connectivity index (χ0v) is 9.61. The van der Waals surface area contributed by atoms with Crippen LogP contribution in [0.1, 0.15) is 38.5 Å². The van der Waals surface area contributed by atoms with Crippen LogP contribution >= 0.6 is 0 Å². The van der Waals surface area contributed by atoms with E-state index in [2.05, 4.69) is 6.08 Å². The van der Waals surface area contributed by atoms with Crippen molar-refractivity contribution in [3.8, 4) is 0 Å². The minimum Gasteiger partial charge on any atom is -0.299 e. The number of hydrogen-bond acceptors (Lipinski definition) is 1. The third kappa shape index (κ3) is 0.673. The maximum Gasteiger partial charge on any atom is 0.136 e. The van der Waals surface area contributed by atoms with Gasteiger partial charge in [0.15, 0.2) is 0 Å². The Bertz CT molecular complexity index is 435. The van der Waals surface area contributed by atoms with E-state index in [9.17, 15) is 4.79 Å². The third-order valence-corrected chi connectivity index (χ3v) is 6.81. The SMILES string of the molecule is O=C1CCC2C3CC4(CC5=CCC3C4C5)C12. The highest BCUT2D eigenvalue weighted by molar-refractivity contribution is 5.85. The van der Waals surface area contributed by atoms with E-state index in [-0.39, 0.29) is 0 Å². The van der Waals surface area contributed by atoms with Gasteiger partial charge in [-0.3, -0.25) is 4.79 Å². The summed E-state index contributed by atoms with van der Waals surface area (Å²) in [6, 6.07) is 0. The zero-order valence-electron chi connectivity index (χ0n) is 9.61. The third-order valence-electron chi connectivity index (χ3n) is 6.81. The summed E-state index contributed by atoms with van der Waals surface area (Å²) in [6.45, 7) is 0. The lowest BCUT2D eigenvalue weighted by Crippen LogP contribution is -2.39. The summed E-state index contributed by atoms with van der Waals surface area (Å²) >= 11 is 0. The molecule has 84 valence electrons. The predicted octanol–water partition coefficient (Wildman–Crippen LogP) is 2.96. The lowest BCUT2D eigenvalue weighted by molar-refractivity contribution is -0.126. The molecule has 6 unspecified atom stereocenters. The Morgan fingerprint density at radius 1 is 1.25 bits per heavy atom. The van der Waals surface area contributed by atoms with Gasteiger partial charge in [0.25, 0.3) is 0 Å². The van der Waals surface area contributed by atoms with Crippen molar-refractivity contribution < 1.29 is 4.79 Å². The Kier molecular flexibility index (Phi) is 1.23. The highest BCUT2D eigenvalue weighted by Gasteiger charge is 2.71. The van der Waals surface area contributed by atoms with E-state index in [0.29, 0.717) is 17.1 Å². The topological polar surface area (TPSA) is 17.1 Å². The molecule has 16 heavy (non-hydrogen) atoms. The van der Waals surface area contributed by atoms with Crippen LogP contribution in [0.2, 0.25) is 0 Å². The lowest BCUT2D eigenvalue weighted by Gasteiger charge is -2.41. The van der Waals surface area contributed by atoms with Crippen LogP contribution < -0.4 is 0 Å². The summed E-state index contributed by atoms with van der Waals surface area (Å²) in [6.07, 6.45) is 10.1. The van der Waals surface area contributed by atoms with Gasteiger partial charge in [0.1, 0.15) is 5.78 Å². The van der Waals surface area contributed by atoms with Crippen molar-refractivity contribution in [2.75, 3.05) is 0 Å². The Morgan fingerprint density at radius 3 is 3.12 bits per heavy atom. The lowest BCUT2D eigenvalue weighted by atomic mass is 9.62. The minimum absolute atomic E-state index is 0.482. The second kappa shape index (κ2) is 2.32. The average molecular weight is 214 g/mol. The normalized spacial score (nSPS) is 60.4. The van der Waals surface area contributed by atoms with Crippen molar-refractivity contribution >= 4 is 5.78 Å². The van der Waals surface area contributed by atoms with Gasteiger partial charge in [-0.05, 0) is 61.2 Å². The summed E-state index contributed by atoms with van der Waals surface area (Å²) in [7, 11) is 0. The molecule has 0 amide bonds. The van der Waals surface area contributed by atoms with Crippen LogP contribution in [0.4, 0.5) is 0 Å². The van der Waals surface area contributed by atoms with Gasteiger partial charge in [-0.2, -0.15) is 0 Å². The van der Waals surface area contributed by atoms with Gasteiger partial charge in [0.05, 0.1) is 0 Å². The molecule has 0 radical (unpaired) electrons. The maximum absolute atomic E-state index is 12.2. The van der Waals surface area contributed by atoms with Crippen LogP contribution in [0.5, 0.6) is 0 Å². The van der Waals surface area contributed by atoms with Crippen molar-refractivity contribution in [2.24, 2.45) is 35.0 Å². The maximum atomic E-state index is 12.2. The first-order valence-corrected chi connectivity index (χ1v) is 7.00. The van der Waals surface area contributed by atoms with Crippen LogP contribution in [0.3, 0.4) is 0 Å². The van der Waals surface area contributed by atoms with E-state index < -0.39 is 0 Å². The number of ketones is 1. The van der Waals surface area contributed by atoms with Crippen LogP contribution in [0.15, 0.2) is 11.6 Å². The average Bonchev–Trinajstić information content (AvgIpc) is 2.91. The second-order valence-electron chi connectivity index (χ2n) is 7.00. The van der Waals surface area contributed by atoms with Gasteiger partial charge in [0, 0.05) is 12.3 Å². The molecular formula is C15H18O. The number of fused-ring (bicyclic) bond motifs is 5. The van der Waals surface area contributed by atoms with Gasteiger partial charge in [-0.15, -0.1) is 0 Å². The van der Waals surface area contributed by atoms with Crippen molar-refractivity contribution in [3.05, 3.63) is 11.6 Å². The Labute approximate surface area is 96.3 Å². The molecule has 0 aliphatic heterocycles. The second-order valence-corrected chi connectivity index (χ2v) is 7.00. The molecule has 5 aliphatic carbocycles. The molecule has 5 rings (SSSR count). The molecule has 4 fully saturated rings. The molecule has 0 heterocycles. The number of rotatable bonds is 0. The van der Waals surface area contributed by atoms with Crippen LogP contribution in [-0.2, 0) is 4.79 Å². The predicted molar refractivity (Wildman–Crippen MR) is 60.7 cm³/mol. The minimum atomic E-state index is 0.482. The standard InChI is InChI=1S/C15H18O/c16-13-4-3-10-11-7-15(14(10)13)6-8-1-2-9(11)12(15)5-8/h1,9-12,14H,2-7H2. The van der Waals surface area contributed by atoms with Crippen molar-refractivity contribution in [2.45, 2.75) is 38.5 Å². The van der Waals surface area contributed by atoms with E-state index in [4.69, 9.17) is 0 Å². The molecule has 0 aromatic rings. The zero-order chi connectivity index (χ0) is 10.5. The largest absolute Gasteiger partial charge is 0.299 e. The van der Waals surface area contributed by atoms with Crippen molar-refractivity contribution in [1.82, 2.24) is 0 Å². The van der Waals surface area contributed by atoms with E-state index >= 15 is 0 Å². The van der Waals surface area contributed by atoms with Gasteiger partial charge >= 0.3 is 0 Å². The fourth-order valence-corrected chi connectivity index (χ4v) is 6.61. The molecule has 6 atom stereocenters. The molecule has 0 N–H and O–H groups in total. The molecule has 1 nitrogen and oxygen atoms in total. The summed E-state index contributed by atoms with van der Waals surface area (Å²) in [5.41, 5.74) is 2.19. The monoisotopic (exact) mass is 214 g/mol.